The van der Waals surface area contributed by atoms with Gasteiger partial charge in [0.1, 0.15) is 17.2 Å². The zero-order valence-electron chi connectivity index (χ0n) is 15.3. The molecule has 6 nitrogen and oxygen atoms in total. The number of aliphatic carboxylic acids is 1. The number of nitrogens with zero attached hydrogens (tertiary/aromatic N) is 1. The number of halogens is 1. The van der Waals surface area contributed by atoms with Crippen LogP contribution >= 0.6 is 0 Å². The van der Waals surface area contributed by atoms with Crippen molar-refractivity contribution in [1.82, 2.24) is 4.90 Å². The van der Waals surface area contributed by atoms with Crippen molar-refractivity contribution in [2.24, 2.45) is 11.3 Å². The Labute approximate surface area is 152 Å². The number of anilines is 1. The lowest BCUT2D eigenvalue weighted by Crippen LogP contribution is -2.38. The fourth-order valence-corrected chi connectivity index (χ4v) is 4.00. The minimum absolute atomic E-state index is 0.00994. The molecule has 1 aromatic carbocycles. The van der Waals surface area contributed by atoms with Gasteiger partial charge in [0.2, 0.25) is 0 Å². The first-order valence-electron chi connectivity index (χ1n) is 8.89. The molecule has 1 aliphatic carbocycles. The minimum atomic E-state index is -0.828. The molecule has 0 spiro atoms. The molecule has 2 aliphatic rings. The molecule has 2 atom stereocenters. The molecule has 3 rings (SSSR count). The molecule has 0 aromatic heterocycles. The summed E-state index contributed by atoms with van der Waals surface area (Å²) in [6, 6.07) is 3.56. The third-order valence-electron chi connectivity index (χ3n) is 5.19. The molecule has 26 heavy (non-hydrogen) atoms. The highest BCUT2D eigenvalue weighted by molar-refractivity contribution is 5.92. The van der Waals surface area contributed by atoms with E-state index < -0.39 is 22.8 Å². The number of fused-ring (bicyclic) bond motifs is 1. The van der Waals surface area contributed by atoms with Crippen LogP contribution in [-0.2, 0) is 4.79 Å². The first-order chi connectivity index (χ1) is 12.1. The fraction of sp³-hybridized carbons (Fsp3) is 0.579. The molecular weight excluding hydrogens is 339 g/mol. The van der Waals surface area contributed by atoms with Gasteiger partial charge < -0.3 is 20.1 Å². The minimum Gasteiger partial charge on any atom is -0.486 e. The van der Waals surface area contributed by atoms with E-state index in [1.807, 2.05) is 20.8 Å². The molecule has 142 valence electrons. The largest absolute Gasteiger partial charge is 0.486 e. The van der Waals surface area contributed by atoms with Gasteiger partial charge in [-0.2, -0.15) is 0 Å². The number of carboxylic acid groups (broad SMARTS) is 1. The number of benzene rings is 1. The number of hydrogen-bond donors (Lipinski definition) is 2. The number of likely N-dealkylation sites (tertiary alicyclic amines) is 1. The van der Waals surface area contributed by atoms with Crippen LogP contribution in [0.3, 0.4) is 0 Å². The van der Waals surface area contributed by atoms with Crippen molar-refractivity contribution in [3.8, 4) is 5.75 Å². The maximum atomic E-state index is 13.6. The Bertz CT molecular complexity index is 731. The fourth-order valence-electron chi connectivity index (χ4n) is 4.00. The zero-order valence-corrected chi connectivity index (χ0v) is 15.3. The van der Waals surface area contributed by atoms with Gasteiger partial charge in [0.25, 0.3) is 0 Å². The summed E-state index contributed by atoms with van der Waals surface area (Å²) in [4.78, 5) is 26.0. The quantitative estimate of drug-likeness (QED) is 0.857. The summed E-state index contributed by atoms with van der Waals surface area (Å²) in [6.45, 7) is 6.13. The van der Waals surface area contributed by atoms with Crippen LogP contribution in [0.1, 0.15) is 40.0 Å². The highest BCUT2D eigenvalue weighted by Gasteiger charge is 2.55. The number of nitrogens with one attached hydrogen (secondary N) is 1. The normalized spacial score (nSPS) is 25.1. The average molecular weight is 364 g/mol. The standard InChI is InChI=1S/C19H25FN2O4/c1-18(2,3)26-15-9-13(20)6-7-14(15)21-17(25)22-10-12-5-4-8-19(12,11-22)16(23)24/h6-7,9,12H,4-5,8,10-11H2,1-3H3,(H,21,25)(H,23,24)/t12-,19+/m0/s1. The van der Waals surface area contributed by atoms with E-state index in [9.17, 15) is 19.1 Å². The van der Waals surface area contributed by atoms with Gasteiger partial charge in [0.05, 0.1) is 11.1 Å². The van der Waals surface area contributed by atoms with Crippen molar-refractivity contribution in [3.05, 3.63) is 24.0 Å². The Balaban J connectivity index is 1.76. The van der Waals surface area contributed by atoms with Crippen molar-refractivity contribution >= 4 is 17.7 Å². The monoisotopic (exact) mass is 364 g/mol. The second-order valence-electron chi connectivity index (χ2n) is 8.22. The lowest BCUT2D eigenvalue weighted by atomic mass is 9.81. The second kappa shape index (κ2) is 6.45. The topological polar surface area (TPSA) is 78.9 Å². The zero-order chi connectivity index (χ0) is 19.1. The Hall–Kier alpha value is -2.31. The van der Waals surface area contributed by atoms with Crippen LogP contribution < -0.4 is 10.1 Å². The van der Waals surface area contributed by atoms with Crippen molar-refractivity contribution in [2.75, 3.05) is 18.4 Å². The molecule has 2 amide bonds. The van der Waals surface area contributed by atoms with Crippen LogP contribution in [-0.4, -0.2) is 40.7 Å². The number of amides is 2. The summed E-state index contributed by atoms with van der Waals surface area (Å²) in [5.41, 5.74) is -1.01. The Morgan fingerprint density at radius 1 is 1.38 bits per heavy atom. The molecule has 1 aliphatic heterocycles. The van der Waals surface area contributed by atoms with E-state index in [0.29, 0.717) is 18.7 Å². The van der Waals surface area contributed by atoms with E-state index in [1.165, 1.54) is 18.2 Å². The predicted octanol–water partition coefficient (Wildman–Crippen LogP) is 3.72. The molecule has 2 fully saturated rings. The number of hydrogen-bond acceptors (Lipinski definition) is 3. The number of carbonyl (C=O) groups is 2. The van der Waals surface area contributed by atoms with Crippen LogP contribution in [0.2, 0.25) is 0 Å². The summed E-state index contributed by atoms with van der Waals surface area (Å²) in [5.74, 6) is -1.04. The number of ether oxygens (including phenoxy) is 1. The van der Waals surface area contributed by atoms with E-state index in [4.69, 9.17) is 4.74 Å². The smallest absolute Gasteiger partial charge is 0.321 e. The van der Waals surface area contributed by atoms with Crippen molar-refractivity contribution in [2.45, 2.75) is 45.6 Å². The summed E-state index contributed by atoms with van der Waals surface area (Å²) < 4.78 is 19.3. The predicted molar refractivity (Wildman–Crippen MR) is 94.8 cm³/mol. The van der Waals surface area contributed by atoms with Crippen LogP contribution in [0.25, 0.3) is 0 Å². The SMILES string of the molecule is CC(C)(C)Oc1cc(F)ccc1NC(=O)N1C[C@@H]2CCC[C@@]2(C(=O)O)C1. The molecule has 1 saturated heterocycles. The van der Waals surface area contributed by atoms with E-state index in [2.05, 4.69) is 5.32 Å². The van der Waals surface area contributed by atoms with Crippen LogP contribution in [0.5, 0.6) is 5.75 Å². The first kappa shape index (κ1) is 18.5. The molecule has 1 heterocycles. The van der Waals surface area contributed by atoms with Crippen LogP contribution in [0.15, 0.2) is 18.2 Å². The van der Waals surface area contributed by atoms with Crippen LogP contribution in [0.4, 0.5) is 14.9 Å². The van der Waals surface area contributed by atoms with Crippen molar-refractivity contribution < 1.29 is 23.8 Å². The van der Waals surface area contributed by atoms with Gasteiger partial charge in [-0.25, -0.2) is 9.18 Å². The molecule has 0 bridgehead atoms. The van der Waals surface area contributed by atoms with E-state index in [0.717, 1.165) is 12.8 Å². The van der Waals surface area contributed by atoms with Crippen molar-refractivity contribution in [3.63, 3.8) is 0 Å². The maximum absolute atomic E-state index is 13.6. The van der Waals surface area contributed by atoms with Crippen molar-refractivity contribution in [1.29, 1.82) is 0 Å². The van der Waals surface area contributed by atoms with Gasteiger partial charge in [-0.3, -0.25) is 4.79 Å². The lowest BCUT2D eigenvalue weighted by Gasteiger charge is -2.25. The first-order valence-corrected chi connectivity index (χ1v) is 8.89. The molecule has 2 N–H and O–H groups in total. The highest BCUT2D eigenvalue weighted by atomic mass is 19.1. The Morgan fingerprint density at radius 3 is 2.73 bits per heavy atom. The van der Waals surface area contributed by atoms with E-state index in [1.54, 1.807) is 4.90 Å². The van der Waals surface area contributed by atoms with Gasteiger partial charge in [0.15, 0.2) is 0 Å². The van der Waals surface area contributed by atoms with Gasteiger partial charge in [-0.05, 0) is 51.7 Å². The molecule has 0 unspecified atom stereocenters. The van der Waals surface area contributed by atoms with Gasteiger partial charge in [0, 0.05) is 19.2 Å². The third-order valence-corrected chi connectivity index (χ3v) is 5.19. The summed E-state index contributed by atoms with van der Waals surface area (Å²) in [5, 5.41) is 12.4. The molecule has 7 heteroatoms. The second-order valence-corrected chi connectivity index (χ2v) is 8.22. The maximum Gasteiger partial charge on any atom is 0.321 e. The summed E-state index contributed by atoms with van der Waals surface area (Å²) in [7, 11) is 0. The summed E-state index contributed by atoms with van der Waals surface area (Å²) >= 11 is 0. The lowest BCUT2D eigenvalue weighted by molar-refractivity contribution is -0.149. The number of rotatable bonds is 3. The Morgan fingerprint density at radius 2 is 2.12 bits per heavy atom. The Kier molecular flexibility index (Phi) is 4.58. The van der Waals surface area contributed by atoms with Gasteiger partial charge in [-0.15, -0.1) is 0 Å². The highest BCUT2D eigenvalue weighted by Crippen LogP contribution is 2.49. The number of urea groups is 1. The van der Waals surface area contributed by atoms with Gasteiger partial charge >= 0.3 is 12.0 Å². The average Bonchev–Trinajstić information content (AvgIpc) is 3.06. The third kappa shape index (κ3) is 3.48. The molecule has 0 radical (unpaired) electrons. The van der Waals surface area contributed by atoms with E-state index in [-0.39, 0.29) is 24.2 Å². The number of carbonyl (C=O) groups excluding carboxylic acids is 1. The molecule has 1 saturated carbocycles. The van der Waals surface area contributed by atoms with E-state index >= 15 is 0 Å². The molecular formula is C19H25FN2O4. The summed E-state index contributed by atoms with van der Waals surface area (Å²) in [6.07, 6.45) is 2.31. The van der Waals surface area contributed by atoms with Gasteiger partial charge in [-0.1, -0.05) is 6.42 Å². The number of carboxylic acids is 1. The molecule has 1 aromatic rings. The van der Waals surface area contributed by atoms with Crippen LogP contribution in [0, 0.1) is 17.2 Å².